The Hall–Kier alpha value is -3.20. The lowest BCUT2D eigenvalue weighted by molar-refractivity contribution is -0.137. The molecule has 1 amide bonds. The molecule has 0 aliphatic heterocycles. The van der Waals surface area contributed by atoms with E-state index in [-0.39, 0.29) is 29.9 Å². The Morgan fingerprint density at radius 1 is 1.00 bits per heavy atom. The number of hydrogen-bond acceptors (Lipinski definition) is 4. The van der Waals surface area contributed by atoms with Crippen molar-refractivity contribution in [2.24, 2.45) is 0 Å². The van der Waals surface area contributed by atoms with Gasteiger partial charge in [0.1, 0.15) is 12.1 Å². The maximum Gasteiger partial charge on any atom is 0.416 e. The average molecular weight is 435 g/mol. The summed E-state index contributed by atoms with van der Waals surface area (Å²) in [5, 5.41) is 2.63. The molecule has 1 aromatic heterocycles. The molecule has 164 valence electrons. The van der Waals surface area contributed by atoms with E-state index in [1.165, 1.54) is 30.5 Å². The minimum Gasteiger partial charge on any atom is -0.447 e. The van der Waals surface area contributed by atoms with Crippen LogP contribution in [0.2, 0.25) is 0 Å². The summed E-state index contributed by atoms with van der Waals surface area (Å²) < 4.78 is 57.1. The quantitative estimate of drug-likeness (QED) is 0.517. The Morgan fingerprint density at radius 2 is 1.58 bits per heavy atom. The summed E-state index contributed by atoms with van der Waals surface area (Å²) in [7, 11) is 0. The number of nitrogens with one attached hydrogen (secondary N) is 1. The highest BCUT2D eigenvalue weighted by Crippen LogP contribution is 2.29. The summed E-state index contributed by atoms with van der Waals surface area (Å²) in [5.74, 6) is -0.432. The van der Waals surface area contributed by atoms with Crippen LogP contribution in [-0.4, -0.2) is 22.3 Å². The highest BCUT2D eigenvalue weighted by Gasteiger charge is 2.30. The van der Waals surface area contributed by atoms with E-state index in [1.807, 2.05) is 4.90 Å². The van der Waals surface area contributed by atoms with E-state index in [4.69, 9.17) is 4.42 Å². The van der Waals surface area contributed by atoms with Crippen molar-refractivity contribution in [3.05, 3.63) is 88.9 Å². The van der Waals surface area contributed by atoms with Crippen molar-refractivity contribution in [3.63, 3.8) is 0 Å². The second-order valence-corrected chi connectivity index (χ2v) is 6.95. The molecule has 31 heavy (non-hydrogen) atoms. The number of amides is 1. The average Bonchev–Trinajstić information content (AvgIpc) is 3.18. The third kappa shape index (κ3) is 6.39. The number of alkyl halides is 3. The van der Waals surface area contributed by atoms with Gasteiger partial charge >= 0.3 is 6.18 Å². The molecule has 0 saturated carbocycles. The molecule has 0 unspecified atom stereocenters. The van der Waals surface area contributed by atoms with E-state index in [0.29, 0.717) is 25.2 Å². The van der Waals surface area contributed by atoms with Crippen LogP contribution in [-0.2, 0) is 25.8 Å². The first-order valence-electron chi connectivity index (χ1n) is 9.60. The lowest BCUT2D eigenvalue weighted by atomic mass is 10.1. The largest absolute Gasteiger partial charge is 0.447 e. The number of rotatable bonds is 8. The Morgan fingerprint density at radius 3 is 2.13 bits per heavy atom. The summed E-state index contributed by atoms with van der Waals surface area (Å²) in [6, 6.07) is 10.8. The maximum absolute atomic E-state index is 13.2. The molecule has 1 N–H and O–H groups in total. The fourth-order valence-corrected chi connectivity index (χ4v) is 3.00. The van der Waals surface area contributed by atoms with Crippen molar-refractivity contribution in [2.45, 2.75) is 32.7 Å². The second kappa shape index (κ2) is 9.74. The molecule has 0 aliphatic rings. The van der Waals surface area contributed by atoms with Crippen LogP contribution in [0.25, 0.3) is 0 Å². The van der Waals surface area contributed by atoms with E-state index in [2.05, 4.69) is 10.3 Å². The minimum atomic E-state index is -4.40. The first-order chi connectivity index (χ1) is 14.7. The number of oxazole rings is 1. The van der Waals surface area contributed by atoms with Gasteiger partial charge in [-0.05, 0) is 42.3 Å². The number of carbonyl (C=O) groups excluding carboxylic acids is 1. The molecule has 1 heterocycles. The number of hydrogen-bond donors (Lipinski definition) is 1. The topological polar surface area (TPSA) is 58.4 Å². The normalized spacial score (nSPS) is 11.7. The number of nitrogens with zero attached hydrogens (tertiary/aromatic N) is 2. The molecule has 0 aliphatic carbocycles. The maximum atomic E-state index is 13.2. The predicted octanol–water partition coefficient (Wildman–Crippen LogP) is 4.78. The van der Waals surface area contributed by atoms with Gasteiger partial charge in [-0.2, -0.15) is 13.2 Å². The molecular weight excluding hydrogens is 414 g/mol. The molecule has 0 radical (unpaired) electrons. The first-order valence-corrected chi connectivity index (χ1v) is 9.60. The number of carbonyl (C=O) groups is 1. The number of aromatic nitrogens is 1. The molecule has 0 fully saturated rings. The predicted molar refractivity (Wildman–Crippen MR) is 105 cm³/mol. The molecule has 0 saturated heterocycles. The van der Waals surface area contributed by atoms with Crippen molar-refractivity contribution in [1.82, 2.24) is 15.2 Å². The number of benzene rings is 2. The molecule has 3 aromatic rings. The van der Waals surface area contributed by atoms with Gasteiger partial charge in [0.25, 0.3) is 5.91 Å². The fraction of sp³-hybridized carbons (Fsp3) is 0.273. The van der Waals surface area contributed by atoms with Crippen LogP contribution in [0, 0.1) is 5.82 Å². The smallest absolute Gasteiger partial charge is 0.416 e. The molecule has 3 rings (SSSR count). The van der Waals surface area contributed by atoms with Crippen molar-refractivity contribution in [2.75, 3.05) is 6.54 Å². The van der Waals surface area contributed by atoms with E-state index < -0.39 is 11.7 Å². The van der Waals surface area contributed by atoms with Gasteiger partial charge in [-0.3, -0.25) is 9.69 Å². The van der Waals surface area contributed by atoms with Crippen LogP contribution < -0.4 is 5.32 Å². The van der Waals surface area contributed by atoms with Gasteiger partial charge in [-0.15, -0.1) is 0 Å². The molecule has 5 nitrogen and oxygen atoms in total. The van der Waals surface area contributed by atoms with Crippen LogP contribution in [0.3, 0.4) is 0 Å². The molecule has 2 aromatic carbocycles. The lowest BCUT2D eigenvalue weighted by Gasteiger charge is -2.21. The monoisotopic (exact) mass is 435 g/mol. The van der Waals surface area contributed by atoms with E-state index in [0.717, 1.165) is 17.7 Å². The zero-order chi connectivity index (χ0) is 22.4. The first kappa shape index (κ1) is 22.5. The Kier molecular flexibility index (Phi) is 7.06. The van der Waals surface area contributed by atoms with Gasteiger partial charge in [-0.25, -0.2) is 9.37 Å². The van der Waals surface area contributed by atoms with E-state index >= 15 is 0 Å². The van der Waals surface area contributed by atoms with E-state index in [1.54, 1.807) is 19.1 Å². The SMILES string of the molecule is CCNC(=O)c1coc(CN(Cc2ccc(F)cc2)Cc2ccc(C(F)(F)F)cc2)n1. The summed E-state index contributed by atoms with van der Waals surface area (Å²) in [5.41, 5.74) is 0.892. The van der Waals surface area contributed by atoms with Crippen molar-refractivity contribution >= 4 is 5.91 Å². The van der Waals surface area contributed by atoms with Crippen LogP contribution in [0.5, 0.6) is 0 Å². The van der Waals surface area contributed by atoms with Gasteiger partial charge in [0.15, 0.2) is 5.69 Å². The number of halogens is 4. The standard InChI is InChI=1S/C22H21F4N3O2/c1-2-27-21(30)19-14-31-20(28-19)13-29(12-16-5-9-18(23)10-6-16)11-15-3-7-17(8-4-15)22(24,25)26/h3-10,14H,2,11-13H2,1H3,(H,27,30). The summed E-state index contributed by atoms with van der Waals surface area (Å²) in [6.07, 6.45) is -3.14. The molecule has 0 bridgehead atoms. The summed E-state index contributed by atoms with van der Waals surface area (Å²) in [6.45, 7) is 3.12. The van der Waals surface area contributed by atoms with Crippen LogP contribution in [0.1, 0.15) is 40.0 Å². The van der Waals surface area contributed by atoms with Crippen LogP contribution >= 0.6 is 0 Å². The highest BCUT2D eigenvalue weighted by molar-refractivity contribution is 5.91. The third-order valence-electron chi connectivity index (χ3n) is 4.49. The fourth-order valence-electron chi connectivity index (χ4n) is 3.00. The highest BCUT2D eigenvalue weighted by atomic mass is 19.4. The van der Waals surface area contributed by atoms with Crippen LogP contribution in [0.4, 0.5) is 17.6 Å². The van der Waals surface area contributed by atoms with E-state index in [9.17, 15) is 22.4 Å². The van der Waals surface area contributed by atoms with Gasteiger partial charge < -0.3 is 9.73 Å². The Bertz CT molecular complexity index is 999. The molecule has 0 atom stereocenters. The molecular formula is C22H21F4N3O2. The van der Waals surface area contributed by atoms with Gasteiger partial charge in [0.2, 0.25) is 5.89 Å². The van der Waals surface area contributed by atoms with Gasteiger partial charge in [0.05, 0.1) is 12.1 Å². The third-order valence-corrected chi connectivity index (χ3v) is 4.49. The van der Waals surface area contributed by atoms with Crippen molar-refractivity contribution in [1.29, 1.82) is 0 Å². The lowest BCUT2D eigenvalue weighted by Crippen LogP contribution is -2.24. The van der Waals surface area contributed by atoms with Crippen molar-refractivity contribution in [3.8, 4) is 0 Å². The second-order valence-electron chi connectivity index (χ2n) is 6.95. The van der Waals surface area contributed by atoms with Crippen LogP contribution in [0.15, 0.2) is 59.2 Å². The summed E-state index contributed by atoms with van der Waals surface area (Å²) in [4.78, 5) is 18.0. The Balaban J connectivity index is 1.77. The minimum absolute atomic E-state index is 0.146. The Labute approximate surface area is 176 Å². The molecule has 9 heteroatoms. The van der Waals surface area contributed by atoms with Crippen molar-refractivity contribution < 1.29 is 26.8 Å². The zero-order valence-corrected chi connectivity index (χ0v) is 16.7. The van der Waals surface area contributed by atoms with Gasteiger partial charge in [-0.1, -0.05) is 24.3 Å². The molecule has 0 spiro atoms. The zero-order valence-electron chi connectivity index (χ0n) is 16.7. The summed E-state index contributed by atoms with van der Waals surface area (Å²) >= 11 is 0. The van der Waals surface area contributed by atoms with Gasteiger partial charge in [0, 0.05) is 19.6 Å².